The van der Waals surface area contributed by atoms with Crippen LogP contribution in [0, 0.1) is 11.6 Å². The molecule has 164 valence electrons. The molecule has 0 aliphatic rings. The van der Waals surface area contributed by atoms with E-state index in [1.54, 1.807) is 18.2 Å². The van der Waals surface area contributed by atoms with Crippen LogP contribution in [0.1, 0.15) is 21.5 Å². The summed E-state index contributed by atoms with van der Waals surface area (Å²) in [4.78, 5) is 12.4. The van der Waals surface area contributed by atoms with E-state index in [0.717, 1.165) is 42.5 Å². The van der Waals surface area contributed by atoms with Gasteiger partial charge >= 0.3 is 6.18 Å². The van der Waals surface area contributed by atoms with E-state index in [4.69, 9.17) is 4.74 Å². The van der Waals surface area contributed by atoms with E-state index in [2.05, 4.69) is 15.5 Å². The Labute approximate surface area is 177 Å². The number of hydrogen-bond donors (Lipinski definition) is 2. The minimum absolute atomic E-state index is 0.0384. The summed E-state index contributed by atoms with van der Waals surface area (Å²) in [5.74, 6) is -1.46. The van der Waals surface area contributed by atoms with Gasteiger partial charge in [0.25, 0.3) is 5.91 Å². The van der Waals surface area contributed by atoms with Crippen LogP contribution in [-0.2, 0) is 12.8 Å². The zero-order chi connectivity index (χ0) is 22.9. The average Bonchev–Trinajstić information content (AvgIpc) is 3.13. The van der Waals surface area contributed by atoms with E-state index in [-0.39, 0.29) is 18.0 Å². The molecule has 0 radical (unpaired) electrons. The first-order valence-electron chi connectivity index (χ1n) is 9.23. The molecule has 0 spiro atoms. The van der Waals surface area contributed by atoms with E-state index in [1.165, 1.54) is 0 Å². The summed E-state index contributed by atoms with van der Waals surface area (Å²) in [6.45, 7) is -0.0637. The number of fused-ring (bicyclic) bond motifs is 1. The quantitative estimate of drug-likeness (QED) is 0.386. The predicted molar refractivity (Wildman–Crippen MR) is 106 cm³/mol. The van der Waals surface area contributed by atoms with Gasteiger partial charge in [-0.25, -0.2) is 8.78 Å². The highest BCUT2D eigenvalue weighted by molar-refractivity contribution is 6.07. The number of carbonyl (C=O) groups excluding carboxylic acids is 1. The summed E-state index contributed by atoms with van der Waals surface area (Å²) in [7, 11) is 0. The Morgan fingerprint density at radius 1 is 0.969 bits per heavy atom. The molecule has 0 aliphatic carbocycles. The van der Waals surface area contributed by atoms with Gasteiger partial charge in [-0.1, -0.05) is 0 Å². The molecule has 0 saturated carbocycles. The van der Waals surface area contributed by atoms with Gasteiger partial charge < -0.3 is 10.1 Å². The number of halogens is 5. The van der Waals surface area contributed by atoms with Gasteiger partial charge in [-0.15, -0.1) is 0 Å². The maximum atomic E-state index is 13.3. The molecular formula is C22H14F5N3O2. The number of nitrogens with zero attached hydrogens (tertiary/aromatic N) is 1. The molecule has 1 aromatic heterocycles. The van der Waals surface area contributed by atoms with Crippen molar-refractivity contribution in [1.82, 2.24) is 10.2 Å². The lowest BCUT2D eigenvalue weighted by molar-refractivity contribution is -0.137. The number of carbonyl (C=O) groups is 1. The van der Waals surface area contributed by atoms with Gasteiger partial charge in [0.15, 0.2) is 5.82 Å². The number of rotatable bonds is 5. The van der Waals surface area contributed by atoms with Gasteiger partial charge in [-0.2, -0.15) is 18.3 Å². The number of anilines is 1. The van der Waals surface area contributed by atoms with Crippen LogP contribution >= 0.6 is 0 Å². The van der Waals surface area contributed by atoms with Crippen molar-refractivity contribution in [3.8, 4) is 5.75 Å². The SMILES string of the molecule is O=C(Nc1n[nH]c2cc(OCc3cc(F)cc(F)c3)ccc12)c1ccc(C(F)(F)F)cc1. The molecule has 4 aromatic rings. The lowest BCUT2D eigenvalue weighted by atomic mass is 10.1. The third-order valence-corrected chi connectivity index (χ3v) is 4.57. The topological polar surface area (TPSA) is 67.0 Å². The number of ether oxygens (including phenoxy) is 1. The lowest BCUT2D eigenvalue weighted by Gasteiger charge is -2.08. The number of aromatic amines is 1. The third kappa shape index (κ3) is 4.69. The molecule has 0 aliphatic heterocycles. The molecule has 4 rings (SSSR count). The molecule has 2 N–H and O–H groups in total. The maximum Gasteiger partial charge on any atom is 0.416 e. The maximum absolute atomic E-state index is 13.3. The summed E-state index contributed by atoms with van der Waals surface area (Å²) < 4.78 is 70.1. The van der Waals surface area contributed by atoms with Gasteiger partial charge in [0.05, 0.1) is 11.1 Å². The lowest BCUT2D eigenvalue weighted by Crippen LogP contribution is -2.13. The van der Waals surface area contributed by atoms with E-state index in [0.29, 0.717) is 22.2 Å². The van der Waals surface area contributed by atoms with Crippen LogP contribution in [0.25, 0.3) is 10.9 Å². The van der Waals surface area contributed by atoms with Crippen molar-refractivity contribution in [3.05, 3.63) is 89.0 Å². The first kappa shape index (κ1) is 21.3. The summed E-state index contributed by atoms with van der Waals surface area (Å²) in [6.07, 6.45) is -4.49. The fraction of sp³-hybridized carbons (Fsp3) is 0.0909. The average molecular weight is 447 g/mol. The van der Waals surface area contributed by atoms with Crippen molar-refractivity contribution >= 4 is 22.6 Å². The van der Waals surface area contributed by atoms with Crippen LogP contribution in [0.4, 0.5) is 27.8 Å². The van der Waals surface area contributed by atoms with Crippen molar-refractivity contribution < 1.29 is 31.5 Å². The van der Waals surface area contributed by atoms with Crippen LogP contribution < -0.4 is 10.1 Å². The van der Waals surface area contributed by atoms with Crippen LogP contribution in [0.5, 0.6) is 5.75 Å². The Kier molecular flexibility index (Phi) is 5.52. The Hall–Kier alpha value is -3.95. The van der Waals surface area contributed by atoms with Crippen LogP contribution in [0.2, 0.25) is 0 Å². The van der Waals surface area contributed by atoms with Gasteiger partial charge in [-0.3, -0.25) is 9.89 Å². The number of amides is 1. The normalized spacial score (nSPS) is 11.5. The Balaban J connectivity index is 1.46. The number of H-pyrrole nitrogens is 1. The molecular weight excluding hydrogens is 433 g/mol. The number of nitrogens with one attached hydrogen (secondary N) is 2. The van der Waals surface area contributed by atoms with E-state index in [1.807, 2.05) is 0 Å². The van der Waals surface area contributed by atoms with Crippen molar-refractivity contribution in [2.75, 3.05) is 5.32 Å². The van der Waals surface area contributed by atoms with Crippen molar-refractivity contribution in [2.24, 2.45) is 0 Å². The molecule has 0 unspecified atom stereocenters. The Morgan fingerprint density at radius 2 is 1.66 bits per heavy atom. The minimum atomic E-state index is -4.49. The molecule has 3 aromatic carbocycles. The summed E-state index contributed by atoms with van der Waals surface area (Å²) in [5, 5.41) is 9.80. The third-order valence-electron chi connectivity index (χ3n) is 4.57. The fourth-order valence-corrected chi connectivity index (χ4v) is 3.04. The standard InChI is InChI=1S/C22H14F5N3O2/c23-15-7-12(8-16(24)9-15)11-32-17-5-6-18-19(10-17)29-30-20(18)28-21(31)13-1-3-14(4-2-13)22(25,26)27/h1-10H,11H2,(H2,28,29,30,31). The Bertz CT molecular complexity index is 1260. The molecule has 0 atom stereocenters. The van der Waals surface area contributed by atoms with Gasteiger partial charge in [0, 0.05) is 23.1 Å². The second-order valence-electron chi connectivity index (χ2n) is 6.88. The highest BCUT2D eigenvalue weighted by atomic mass is 19.4. The zero-order valence-corrected chi connectivity index (χ0v) is 16.1. The molecule has 0 bridgehead atoms. The Morgan fingerprint density at radius 3 is 2.31 bits per heavy atom. The van der Waals surface area contributed by atoms with E-state index < -0.39 is 29.3 Å². The van der Waals surface area contributed by atoms with Gasteiger partial charge in [0.1, 0.15) is 24.0 Å². The minimum Gasteiger partial charge on any atom is -0.489 e. The highest BCUT2D eigenvalue weighted by Crippen LogP contribution is 2.30. The van der Waals surface area contributed by atoms with Crippen molar-refractivity contribution in [3.63, 3.8) is 0 Å². The smallest absolute Gasteiger partial charge is 0.416 e. The predicted octanol–water partition coefficient (Wildman–Crippen LogP) is 5.69. The summed E-state index contributed by atoms with van der Waals surface area (Å²) in [5.41, 5.74) is 0.0107. The summed E-state index contributed by atoms with van der Waals surface area (Å²) in [6, 6.07) is 11.7. The van der Waals surface area contributed by atoms with Crippen molar-refractivity contribution in [1.29, 1.82) is 0 Å². The number of hydrogen-bond acceptors (Lipinski definition) is 3. The molecule has 32 heavy (non-hydrogen) atoms. The first-order valence-corrected chi connectivity index (χ1v) is 9.23. The van der Waals surface area contributed by atoms with E-state index >= 15 is 0 Å². The monoisotopic (exact) mass is 447 g/mol. The molecule has 10 heteroatoms. The van der Waals surface area contributed by atoms with Gasteiger partial charge in [-0.05, 0) is 54.1 Å². The number of benzene rings is 3. The summed E-state index contributed by atoms with van der Waals surface area (Å²) >= 11 is 0. The fourth-order valence-electron chi connectivity index (χ4n) is 3.04. The second-order valence-corrected chi connectivity index (χ2v) is 6.88. The zero-order valence-electron chi connectivity index (χ0n) is 16.1. The van der Waals surface area contributed by atoms with Crippen LogP contribution in [0.15, 0.2) is 60.7 Å². The molecule has 1 amide bonds. The van der Waals surface area contributed by atoms with Crippen LogP contribution in [-0.4, -0.2) is 16.1 Å². The number of aromatic nitrogens is 2. The molecule has 0 saturated heterocycles. The highest BCUT2D eigenvalue weighted by Gasteiger charge is 2.30. The molecule has 5 nitrogen and oxygen atoms in total. The second kappa shape index (κ2) is 8.29. The molecule has 0 fully saturated rings. The van der Waals surface area contributed by atoms with E-state index in [9.17, 15) is 26.7 Å². The largest absolute Gasteiger partial charge is 0.489 e. The van der Waals surface area contributed by atoms with Crippen LogP contribution in [0.3, 0.4) is 0 Å². The number of alkyl halides is 3. The molecule has 1 heterocycles. The first-order chi connectivity index (χ1) is 15.2. The van der Waals surface area contributed by atoms with Gasteiger partial charge in [0.2, 0.25) is 0 Å². The van der Waals surface area contributed by atoms with Crippen molar-refractivity contribution in [2.45, 2.75) is 12.8 Å².